The van der Waals surface area contributed by atoms with Crippen LogP contribution in [0.2, 0.25) is 0 Å². The van der Waals surface area contributed by atoms with Crippen LogP contribution in [-0.4, -0.2) is 38.3 Å². The summed E-state index contributed by atoms with van der Waals surface area (Å²) in [5.74, 6) is 2.59. The summed E-state index contributed by atoms with van der Waals surface area (Å²) in [6.07, 6.45) is 3.38. The van der Waals surface area contributed by atoms with E-state index in [0.717, 1.165) is 29.3 Å². The smallest absolute Gasteiger partial charge is 0.252 e. The summed E-state index contributed by atoms with van der Waals surface area (Å²) >= 11 is 0. The number of methoxy groups -OCH3 is 3. The van der Waals surface area contributed by atoms with E-state index < -0.39 is 0 Å². The van der Waals surface area contributed by atoms with Gasteiger partial charge in [-0.25, -0.2) is 4.98 Å². The Balaban J connectivity index is 1.79. The minimum Gasteiger partial charge on any atom is -0.493 e. The van der Waals surface area contributed by atoms with Gasteiger partial charge in [0.1, 0.15) is 0 Å². The molecule has 1 aromatic heterocycles. The van der Waals surface area contributed by atoms with E-state index in [1.807, 2.05) is 42.5 Å². The summed E-state index contributed by atoms with van der Waals surface area (Å²) in [5, 5.41) is 4.15. The number of hydrogen-bond donors (Lipinski definition) is 1. The van der Waals surface area contributed by atoms with Gasteiger partial charge in [-0.15, -0.1) is 0 Å². The van der Waals surface area contributed by atoms with Crippen molar-refractivity contribution in [3.05, 3.63) is 48.0 Å². The second-order valence-electron chi connectivity index (χ2n) is 8.83. The van der Waals surface area contributed by atoms with Crippen molar-refractivity contribution in [2.24, 2.45) is 11.8 Å². The summed E-state index contributed by atoms with van der Waals surface area (Å²) in [5.41, 5.74) is 2.83. The molecule has 174 valence electrons. The van der Waals surface area contributed by atoms with E-state index in [2.05, 4.69) is 19.2 Å². The first-order valence-corrected chi connectivity index (χ1v) is 11.5. The first kappa shape index (κ1) is 22.9. The number of rotatable bonds is 6. The van der Waals surface area contributed by atoms with Crippen molar-refractivity contribution < 1.29 is 19.0 Å². The maximum absolute atomic E-state index is 13.5. The summed E-state index contributed by atoms with van der Waals surface area (Å²) in [6, 6.07) is 13.5. The second-order valence-corrected chi connectivity index (χ2v) is 8.83. The molecule has 0 aliphatic heterocycles. The average Bonchev–Trinajstić information content (AvgIpc) is 2.85. The van der Waals surface area contributed by atoms with Gasteiger partial charge >= 0.3 is 0 Å². The Morgan fingerprint density at radius 3 is 2.33 bits per heavy atom. The molecule has 1 N–H and O–H groups in total. The Labute approximate surface area is 195 Å². The number of nitrogens with zero attached hydrogens (tertiary/aromatic N) is 1. The van der Waals surface area contributed by atoms with Gasteiger partial charge in [0.15, 0.2) is 11.5 Å². The molecule has 6 nitrogen and oxygen atoms in total. The molecule has 1 aliphatic rings. The molecule has 0 unspecified atom stereocenters. The van der Waals surface area contributed by atoms with Gasteiger partial charge in [0.2, 0.25) is 5.75 Å². The number of hydrogen-bond acceptors (Lipinski definition) is 5. The molecule has 1 fully saturated rings. The van der Waals surface area contributed by atoms with Crippen molar-refractivity contribution in [1.82, 2.24) is 10.3 Å². The second kappa shape index (κ2) is 9.69. The normalized spacial score (nSPS) is 20.3. The van der Waals surface area contributed by atoms with Gasteiger partial charge in [-0.3, -0.25) is 4.79 Å². The predicted octanol–water partition coefficient (Wildman–Crippen LogP) is 5.48. The van der Waals surface area contributed by atoms with Crippen LogP contribution in [0.4, 0.5) is 0 Å². The number of nitrogens with one attached hydrogen (secondary N) is 1. The van der Waals surface area contributed by atoms with Crippen molar-refractivity contribution in [3.8, 4) is 28.5 Å². The Bertz CT molecular complexity index is 1140. The van der Waals surface area contributed by atoms with Crippen LogP contribution in [0.15, 0.2) is 42.5 Å². The van der Waals surface area contributed by atoms with Gasteiger partial charge in [0.05, 0.1) is 38.1 Å². The molecule has 1 amide bonds. The zero-order valence-electron chi connectivity index (χ0n) is 20.0. The number of para-hydroxylation sites is 1. The van der Waals surface area contributed by atoms with Gasteiger partial charge in [-0.1, -0.05) is 44.9 Å². The van der Waals surface area contributed by atoms with Crippen molar-refractivity contribution in [1.29, 1.82) is 0 Å². The predicted molar refractivity (Wildman–Crippen MR) is 130 cm³/mol. The van der Waals surface area contributed by atoms with Crippen molar-refractivity contribution in [2.75, 3.05) is 21.3 Å². The van der Waals surface area contributed by atoms with Crippen molar-refractivity contribution in [2.45, 2.75) is 39.2 Å². The molecule has 4 rings (SSSR count). The van der Waals surface area contributed by atoms with Crippen molar-refractivity contribution >= 4 is 16.8 Å². The average molecular weight is 449 g/mol. The molecule has 1 aliphatic carbocycles. The summed E-state index contributed by atoms with van der Waals surface area (Å²) < 4.78 is 16.5. The number of aromatic nitrogens is 1. The highest BCUT2D eigenvalue weighted by Crippen LogP contribution is 2.41. The SMILES string of the molecule is COc1cc(-c2cc(C(=O)N[C@@H]3CCC[C@H](C)[C@@H]3C)c3ccccc3n2)cc(OC)c1OC. The number of ether oxygens (including phenoxy) is 3. The molecular formula is C27H32N2O4. The Hall–Kier alpha value is -3.28. The molecule has 0 radical (unpaired) electrons. The lowest BCUT2D eigenvalue weighted by Gasteiger charge is -2.34. The number of benzene rings is 2. The number of fused-ring (bicyclic) bond motifs is 1. The van der Waals surface area contributed by atoms with E-state index >= 15 is 0 Å². The zero-order valence-corrected chi connectivity index (χ0v) is 20.0. The molecule has 0 spiro atoms. The third kappa shape index (κ3) is 4.47. The molecule has 6 heteroatoms. The van der Waals surface area contributed by atoms with Crippen LogP contribution in [-0.2, 0) is 0 Å². The molecule has 0 saturated heterocycles. The van der Waals surface area contributed by atoms with Crippen LogP contribution >= 0.6 is 0 Å². The lowest BCUT2D eigenvalue weighted by molar-refractivity contribution is 0.0892. The van der Waals surface area contributed by atoms with Gasteiger partial charge < -0.3 is 19.5 Å². The molecule has 2 aromatic carbocycles. The van der Waals surface area contributed by atoms with Gasteiger partial charge in [-0.2, -0.15) is 0 Å². The van der Waals surface area contributed by atoms with Gasteiger partial charge in [0.25, 0.3) is 5.91 Å². The molecule has 3 aromatic rings. The fraction of sp³-hybridized carbons (Fsp3) is 0.407. The maximum Gasteiger partial charge on any atom is 0.252 e. The largest absolute Gasteiger partial charge is 0.493 e. The maximum atomic E-state index is 13.5. The third-order valence-electron chi connectivity index (χ3n) is 6.94. The fourth-order valence-electron chi connectivity index (χ4n) is 4.77. The van der Waals surface area contributed by atoms with Gasteiger partial charge in [-0.05, 0) is 42.5 Å². The fourth-order valence-corrected chi connectivity index (χ4v) is 4.77. The third-order valence-corrected chi connectivity index (χ3v) is 6.94. The summed E-state index contributed by atoms with van der Waals surface area (Å²) in [7, 11) is 4.74. The Morgan fingerprint density at radius 2 is 1.67 bits per heavy atom. The van der Waals surface area contributed by atoms with Crippen LogP contribution in [0.25, 0.3) is 22.2 Å². The first-order valence-electron chi connectivity index (χ1n) is 11.5. The topological polar surface area (TPSA) is 69.7 Å². The highest BCUT2D eigenvalue weighted by atomic mass is 16.5. The molecule has 3 atom stereocenters. The Morgan fingerprint density at radius 1 is 0.970 bits per heavy atom. The molecule has 1 heterocycles. The van der Waals surface area contributed by atoms with E-state index in [-0.39, 0.29) is 11.9 Å². The standard InChI is InChI=1S/C27H32N2O4/c1-16-9-8-12-21(17(16)2)29-27(30)20-15-23(28-22-11-7-6-10-19(20)22)18-13-24(31-3)26(33-5)25(14-18)32-4/h6-7,10-11,13-17,21H,8-9,12H2,1-5H3,(H,29,30)/t16-,17-,21+/m0/s1. The van der Waals surface area contributed by atoms with E-state index in [0.29, 0.717) is 40.3 Å². The number of pyridine rings is 1. The first-order chi connectivity index (χ1) is 16.0. The highest BCUT2D eigenvalue weighted by molar-refractivity contribution is 6.07. The van der Waals surface area contributed by atoms with E-state index in [9.17, 15) is 4.79 Å². The quantitative estimate of drug-likeness (QED) is 0.541. The Kier molecular flexibility index (Phi) is 6.72. The van der Waals surface area contributed by atoms with Crippen LogP contribution in [0.3, 0.4) is 0 Å². The van der Waals surface area contributed by atoms with Crippen LogP contribution in [0.1, 0.15) is 43.5 Å². The van der Waals surface area contributed by atoms with Gasteiger partial charge in [0, 0.05) is 17.0 Å². The molecule has 33 heavy (non-hydrogen) atoms. The van der Waals surface area contributed by atoms with E-state index in [1.165, 1.54) is 6.42 Å². The zero-order chi connectivity index (χ0) is 23.5. The van der Waals surface area contributed by atoms with Crippen LogP contribution in [0.5, 0.6) is 17.2 Å². The van der Waals surface area contributed by atoms with Crippen molar-refractivity contribution in [3.63, 3.8) is 0 Å². The number of carbonyl (C=O) groups is 1. The van der Waals surface area contributed by atoms with E-state index in [1.54, 1.807) is 21.3 Å². The van der Waals surface area contributed by atoms with Crippen LogP contribution < -0.4 is 19.5 Å². The molecular weight excluding hydrogens is 416 g/mol. The van der Waals surface area contributed by atoms with Crippen LogP contribution in [0, 0.1) is 11.8 Å². The molecule has 0 bridgehead atoms. The number of carbonyl (C=O) groups excluding carboxylic acids is 1. The minimum absolute atomic E-state index is 0.0618. The lowest BCUT2D eigenvalue weighted by atomic mass is 9.78. The summed E-state index contributed by atoms with van der Waals surface area (Å²) in [4.78, 5) is 18.3. The lowest BCUT2D eigenvalue weighted by Crippen LogP contribution is -2.43. The van der Waals surface area contributed by atoms with E-state index in [4.69, 9.17) is 19.2 Å². The summed E-state index contributed by atoms with van der Waals surface area (Å²) in [6.45, 7) is 4.51. The highest BCUT2D eigenvalue weighted by Gasteiger charge is 2.29. The minimum atomic E-state index is -0.0618. The monoisotopic (exact) mass is 448 g/mol. The molecule has 1 saturated carbocycles. The number of amides is 1.